The predicted molar refractivity (Wildman–Crippen MR) is 131 cm³/mol. The summed E-state index contributed by atoms with van der Waals surface area (Å²) in [5, 5.41) is 85.0. The third-order valence-electron chi connectivity index (χ3n) is 7.48. The Kier molecular flexibility index (Phi) is 11.9. The number of aliphatic hydroxyl groups excluding tert-OH is 8. The van der Waals surface area contributed by atoms with Gasteiger partial charge in [-0.15, -0.1) is 0 Å². The van der Waals surface area contributed by atoms with E-state index in [9.17, 15) is 45.6 Å². The van der Waals surface area contributed by atoms with Gasteiger partial charge < -0.3 is 88.1 Å². The number of amides is 1. The van der Waals surface area contributed by atoms with Crippen LogP contribution in [0, 0.1) is 0 Å². The lowest BCUT2D eigenvalue weighted by Crippen LogP contribution is -2.69. The van der Waals surface area contributed by atoms with Gasteiger partial charge in [0.2, 0.25) is 5.91 Å². The molecule has 40 heavy (non-hydrogen) atoms. The fourth-order valence-electron chi connectivity index (χ4n) is 5.09. The Balaban J connectivity index is 1.75. The molecule has 1 amide bonds. The van der Waals surface area contributed by atoms with Gasteiger partial charge in [-0.05, 0) is 19.4 Å². The number of carbonyl (C=O) groups is 1. The summed E-state index contributed by atoms with van der Waals surface area (Å²) >= 11 is 0. The van der Waals surface area contributed by atoms with E-state index in [2.05, 4.69) is 5.32 Å². The summed E-state index contributed by atoms with van der Waals surface area (Å²) in [7, 11) is 0. The number of hydrogen-bond acceptors (Lipinski definition) is 17. The Morgan fingerprint density at radius 3 is 1.90 bits per heavy atom. The van der Waals surface area contributed by atoms with Crippen LogP contribution in [0.25, 0.3) is 0 Å². The minimum absolute atomic E-state index is 0.00101. The van der Waals surface area contributed by atoms with Crippen molar-refractivity contribution in [2.45, 2.75) is 111 Å². The average molecular weight is 586 g/mol. The number of ether oxygens (including phenoxy) is 4. The summed E-state index contributed by atoms with van der Waals surface area (Å²) in [5.41, 5.74) is 23.2. The first-order valence-electron chi connectivity index (χ1n) is 13.1. The number of nitrogens with two attached hydrogens (primary N) is 4. The summed E-state index contributed by atoms with van der Waals surface area (Å²) in [5.74, 6) is -0.936. The second-order valence-electron chi connectivity index (χ2n) is 10.3. The molecule has 1 aliphatic carbocycles. The van der Waals surface area contributed by atoms with Crippen LogP contribution in [0.1, 0.15) is 12.8 Å². The minimum atomic E-state index is -1.76. The summed E-state index contributed by atoms with van der Waals surface area (Å²) in [6.07, 6.45) is -19.7. The van der Waals surface area contributed by atoms with E-state index in [0.717, 1.165) is 0 Å². The zero-order valence-corrected chi connectivity index (χ0v) is 21.7. The average Bonchev–Trinajstić information content (AvgIpc) is 2.92. The van der Waals surface area contributed by atoms with Crippen LogP contribution in [0.5, 0.6) is 0 Å². The van der Waals surface area contributed by atoms with E-state index in [1.807, 2.05) is 0 Å². The molecule has 2 heterocycles. The van der Waals surface area contributed by atoms with Crippen molar-refractivity contribution in [2.24, 2.45) is 22.9 Å². The van der Waals surface area contributed by atoms with Gasteiger partial charge in [0, 0.05) is 18.6 Å². The Hall–Kier alpha value is -1.17. The monoisotopic (exact) mass is 585 g/mol. The van der Waals surface area contributed by atoms with E-state index in [4.69, 9.17) is 41.9 Å². The minimum Gasteiger partial charge on any atom is -0.394 e. The highest BCUT2D eigenvalue weighted by Gasteiger charge is 2.52. The molecule has 0 aromatic heterocycles. The molecule has 3 aliphatic rings. The van der Waals surface area contributed by atoms with Crippen LogP contribution in [0.15, 0.2) is 0 Å². The molecule has 2 saturated heterocycles. The highest BCUT2D eigenvalue weighted by molar-refractivity contribution is 5.80. The highest BCUT2D eigenvalue weighted by Crippen LogP contribution is 2.31. The molecule has 1 saturated carbocycles. The van der Waals surface area contributed by atoms with Gasteiger partial charge in [0.15, 0.2) is 12.6 Å². The Morgan fingerprint density at radius 1 is 0.825 bits per heavy atom. The Bertz CT molecular complexity index is 817. The van der Waals surface area contributed by atoms with Gasteiger partial charge in [-0.3, -0.25) is 4.79 Å². The van der Waals surface area contributed by atoms with Crippen LogP contribution < -0.4 is 28.3 Å². The number of carbonyl (C=O) groups excluding carboxylic acids is 1. The molecule has 3 fully saturated rings. The van der Waals surface area contributed by atoms with Crippen LogP contribution in [0.3, 0.4) is 0 Å². The molecule has 234 valence electrons. The summed E-state index contributed by atoms with van der Waals surface area (Å²) < 4.78 is 22.4. The maximum atomic E-state index is 12.3. The fourth-order valence-corrected chi connectivity index (χ4v) is 5.09. The Labute approximate surface area is 229 Å². The van der Waals surface area contributed by atoms with Gasteiger partial charge in [0.05, 0.1) is 12.6 Å². The van der Waals surface area contributed by atoms with Gasteiger partial charge in [-0.25, -0.2) is 0 Å². The van der Waals surface area contributed by atoms with Crippen molar-refractivity contribution in [1.82, 2.24) is 5.32 Å². The highest BCUT2D eigenvalue weighted by atomic mass is 16.7. The molecule has 18 heteroatoms. The number of hydrogen-bond donors (Lipinski definition) is 13. The van der Waals surface area contributed by atoms with Crippen molar-refractivity contribution in [3.05, 3.63) is 0 Å². The molecule has 0 aromatic rings. The second kappa shape index (κ2) is 14.3. The lowest BCUT2D eigenvalue weighted by Gasteiger charge is -2.48. The van der Waals surface area contributed by atoms with Crippen LogP contribution in [-0.2, 0) is 23.7 Å². The Morgan fingerprint density at radius 2 is 1.38 bits per heavy atom. The van der Waals surface area contributed by atoms with Crippen molar-refractivity contribution >= 4 is 5.91 Å². The molecule has 0 radical (unpaired) electrons. The zero-order chi connectivity index (χ0) is 29.9. The van der Waals surface area contributed by atoms with Crippen molar-refractivity contribution in [1.29, 1.82) is 0 Å². The van der Waals surface area contributed by atoms with Crippen LogP contribution in [0.4, 0.5) is 0 Å². The second-order valence-corrected chi connectivity index (χ2v) is 10.3. The first-order chi connectivity index (χ1) is 18.9. The van der Waals surface area contributed by atoms with Gasteiger partial charge in [-0.1, -0.05) is 0 Å². The zero-order valence-electron chi connectivity index (χ0n) is 21.7. The maximum absolute atomic E-state index is 12.3. The van der Waals surface area contributed by atoms with Gasteiger partial charge >= 0.3 is 0 Å². The van der Waals surface area contributed by atoms with E-state index < -0.39 is 110 Å². The molecule has 0 bridgehead atoms. The fraction of sp³-hybridized carbons (Fsp3) is 0.955. The molecule has 3 rings (SSSR count). The summed E-state index contributed by atoms with van der Waals surface area (Å²) in [6.45, 7) is -0.957. The lowest BCUT2D eigenvalue weighted by atomic mass is 9.84. The SMILES string of the molecule is NCCC(O)C(=O)NC1C(O)C(CO)OC(OC2C(N)CC(N)C(OC3OC(CN)C(O)C(O)C3O)C2O)C1O. The van der Waals surface area contributed by atoms with E-state index in [1.165, 1.54) is 0 Å². The first kappa shape index (κ1) is 33.3. The molecule has 16 atom stereocenters. The van der Waals surface area contributed by atoms with Crippen molar-refractivity contribution in [3.63, 3.8) is 0 Å². The third-order valence-corrected chi connectivity index (χ3v) is 7.48. The van der Waals surface area contributed by atoms with Crippen molar-refractivity contribution in [3.8, 4) is 0 Å². The van der Waals surface area contributed by atoms with Crippen LogP contribution >= 0.6 is 0 Å². The first-order valence-corrected chi connectivity index (χ1v) is 13.1. The summed E-state index contributed by atoms with van der Waals surface area (Å²) in [6, 6.07) is -3.32. The largest absolute Gasteiger partial charge is 0.394 e. The van der Waals surface area contributed by atoms with Crippen molar-refractivity contribution in [2.75, 3.05) is 19.7 Å². The molecular weight excluding hydrogens is 542 g/mol. The number of rotatable bonds is 10. The standard InChI is InChI=1S/C22H43N5O13/c23-2-1-8(29)20(36)27-11-12(30)10(5-28)38-21(14(11)32)39-18-6(25)3-7(26)19(17(18)35)40-22-16(34)15(33)13(31)9(4-24)37-22/h6-19,21-22,28-35H,1-5,23-26H2,(H,27,36). The smallest absolute Gasteiger partial charge is 0.249 e. The van der Waals surface area contributed by atoms with Crippen LogP contribution in [-0.4, -0.2) is 164 Å². The van der Waals surface area contributed by atoms with Gasteiger partial charge in [0.25, 0.3) is 0 Å². The van der Waals surface area contributed by atoms with Crippen LogP contribution in [0.2, 0.25) is 0 Å². The molecule has 18 nitrogen and oxygen atoms in total. The molecule has 2 aliphatic heterocycles. The number of aliphatic hydroxyl groups is 8. The quantitative estimate of drug-likeness (QED) is 0.113. The van der Waals surface area contributed by atoms with Crippen molar-refractivity contribution < 1.29 is 64.6 Å². The van der Waals surface area contributed by atoms with E-state index >= 15 is 0 Å². The molecular formula is C22H43N5O13. The van der Waals surface area contributed by atoms with E-state index in [-0.39, 0.29) is 25.9 Å². The third kappa shape index (κ3) is 7.06. The predicted octanol–water partition coefficient (Wildman–Crippen LogP) is -8.42. The molecule has 0 spiro atoms. The van der Waals surface area contributed by atoms with E-state index in [0.29, 0.717) is 0 Å². The normalized spacial score (nSPS) is 47.0. The maximum Gasteiger partial charge on any atom is 0.249 e. The number of nitrogens with one attached hydrogen (secondary N) is 1. The molecule has 17 N–H and O–H groups in total. The van der Waals surface area contributed by atoms with E-state index in [1.54, 1.807) is 0 Å². The molecule has 0 aromatic carbocycles. The van der Waals surface area contributed by atoms with Gasteiger partial charge in [-0.2, -0.15) is 0 Å². The molecule has 16 unspecified atom stereocenters. The summed E-state index contributed by atoms with van der Waals surface area (Å²) in [4.78, 5) is 12.3. The topological polar surface area (TPSA) is 332 Å². The van der Waals surface area contributed by atoms with Gasteiger partial charge in [0.1, 0.15) is 67.1 Å². The lowest BCUT2D eigenvalue weighted by molar-refractivity contribution is -0.332.